The highest BCUT2D eigenvalue weighted by molar-refractivity contribution is 7.10. The van der Waals surface area contributed by atoms with E-state index in [0.717, 1.165) is 9.78 Å². The Kier molecular flexibility index (Phi) is 4.34. The minimum atomic E-state index is -1.07. The number of carbonyl (C=O) groups is 3. The summed E-state index contributed by atoms with van der Waals surface area (Å²) in [6, 6.07) is 8.18. The van der Waals surface area contributed by atoms with Gasteiger partial charge in [-0.1, -0.05) is 6.07 Å². The highest BCUT2D eigenvalue weighted by Gasteiger charge is 2.49. The lowest BCUT2D eigenvalue weighted by atomic mass is 10.00. The maximum atomic E-state index is 12.9. The molecule has 1 aromatic carbocycles. The van der Waals surface area contributed by atoms with Gasteiger partial charge in [0.1, 0.15) is 5.75 Å². The van der Waals surface area contributed by atoms with Crippen LogP contribution in [0.1, 0.15) is 34.6 Å². The second-order valence-corrected chi connectivity index (χ2v) is 6.95. The molecular weight excluding hydrogens is 340 g/mol. The van der Waals surface area contributed by atoms with Crippen molar-refractivity contribution in [1.82, 2.24) is 10.2 Å². The first-order valence-corrected chi connectivity index (χ1v) is 8.60. The summed E-state index contributed by atoms with van der Waals surface area (Å²) in [4.78, 5) is 38.9. The average molecular weight is 358 g/mol. The first-order valence-electron chi connectivity index (χ1n) is 7.72. The Balaban J connectivity index is 1.93. The van der Waals surface area contributed by atoms with Gasteiger partial charge in [-0.2, -0.15) is 0 Å². The van der Waals surface area contributed by atoms with Gasteiger partial charge in [0.15, 0.2) is 11.3 Å². The number of hydrogen-bond donors (Lipinski definition) is 1. The van der Waals surface area contributed by atoms with Crippen LogP contribution in [-0.4, -0.2) is 29.7 Å². The normalized spacial score (nSPS) is 19.9. The van der Waals surface area contributed by atoms with E-state index in [2.05, 4.69) is 5.32 Å². The van der Waals surface area contributed by atoms with Gasteiger partial charge in [0.2, 0.25) is 0 Å². The molecule has 2 aromatic rings. The maximum Gasteiger partial charge on any atom is 0.325 e. The van der Waals surface area contributed by atoms with Crippen LogP contribution in [0.15, 0.2) is 35.7 Å². The maximum absolute atomic E-state index is 12.9. The smallest absolute Gasteiger partial charge is 0.325 e. The molecule has 1 atom stereocenters. The molecule has 7 heteroatoms. The summed E-state index contributed by atoms with van der Waals surface area (Å²) in [6.45, 7) is 3.20. The van der Waals surface area contributed by atoms with E-state index in [0.29, 0.717) is 16.9 Å². The standard InChI is InChI=1S/C18H18N2O4S/c1-11(21)12-6-7-14(24-3)13(9-12)10-20-16(22)18(2,19-17(20)23)15-5-4-8-25-15/h4-9H,10H2,1-3H3,(H,19,23)/t18-/m1/s1. The number of nitrogens with one attached hydrogen (secondary N) is 1. The zero-order valence-electron chi connectivity index (χ0n) is 14.2. The van der Waals surface area contributed by atoms with Gasteiger partial charge >= 0.3 is 6.03 Å². The number of ether oxygens (including phenoxy) is 1. The van der Waals surface area contributed by atoms with Crippen molar-refractivity contribution in [3.05, 3.63) is 51.7 Å². The molecule has 130 valence electrons. The number of Topliss-reactive ketones (excluding diaryl/α,β-unsaturated/α-hetero) is 1. The van der Waals surface area contributed by atoms with Gasteiger partial charge < -0.3 is 10.1 Å². The molecule has 3 rings (SSSR count). The number of ketones is 1. The van der Waals surface area contributed by atoms with E-state index in [4.69, 9.17) is 4.74 Å². The summed E-state index contributed by atoms with van der Waals surface area (Å²) in [5, 5.41) is 4.63. The molecule has 0 radical (unpaired) electrons. The fraction of sp³-hybridized carbons (Fsp3) is 0.278. The van der Waals surface area contributed by atoms with E-state index in [9.17, 15) is 14.4 Å². The second-order valence-electron chi connectivity index (χ2n) is 6.01. The lowest BCUT2D eigenvalue weighted by Gasteiger charge is -2.20. The van der Waals surface area contributed by atoms with E-state index in [-0.39, 0.29) is 18.2 Å². The van der Waals surface area contributed by atoms with Crippen LogP contribution in [0, 0.1) is 0 Å². The number of imide groups is 1. The number of rotatable bonds is 5. The van der Waals surface area contributed by atoms with E-state index in [1.165, 1.54) is 25.4 Å². The number of benzene rings is 1. The molecule has 0 bridgehead atoms. The molecule has 0 unspecified atom stereocenters. The van der Waals surface area contributed by atoms with Gasteiger partial charge in [-0.05, 0) is 43.5 Å². The molecule has 2 heterocycles. The Hall–Kier alpha value is -2.67. The van der Waals surface area contributed by atoms with Crippen molar-refractivity contribution >= 4 is 29.1 Å². The van der Waals surface area contributed by atoms with Gasteiger partial charge in [0.05, 0.1) is 13.7 Å². The van der Waals surface area contributed by atoms with E-state index < -0.39 is 11.6 Å². The van der Waals surface area contributed by atoms with Crippen LogP contribution in [0.4, 0.5) is 4.79 Å². The molecule has 0 saturated carbocycles. The predicted octanol–water partition coefficient (Wildman–Crippen LogP) is 2.93. The van der Waals surface area contributed by atoms with E-state index >= 15 is 0 Å². The Morgan fingerprint density at radius 2 is 2.08 bits per heavy atom. The molecule has 1 N–H and O–H groups in total. The molecule has 3 amide bonds. The van der Waals surface area contributed by atoms with Crippen LogP contribution in [0.3, 0.4) is 0 Å². The third kappa shape index (κ3) is 2.91. The van der Waals surface area contributed by atoms with Gasteiger partial charge in [-0.3, -0.25) is 14.5 Å². The summed E-state index contributed by atoms with van der Waals surface area (Å²) < 4.78 is 5.31. The molecule has 1 fully saturated rings. The van der Waals surface area contributed by atoms with Crippen LogP contribution in [0.2, 0.25) is 0 Å². The van der Waals surface area contributed by atoms with Crippen molar-refractivity contribution in [3.63, 3.8) is 0 Å². The Labute approximate surface area is 149 Å². The minimum Gasteiger partial charge on any atom is -0.496 e. The van der Waals surface area contributed by atoms with E-state index in [1.807, 2.05) is 17.5 Å². The lowest BCUT2D eigenvalue weighted by Crippen LogP contribution is -2.40. The van der Waals surface area contributed by atoms with Crippen molar-refractivity contribution in [1.29, 1.82) is 0 Å². The van der Waals surface area contributed by atoms with Crippen LogP contribution >= 0.6 is 11.3 Å². The fourth-order valence-corrected chi connectivity index (χ4v) is 3.70. The van der Waals surface area contributed by atoms with E-state index in [1.54, 1.807) is 25.1 Å². The number of methoxy groups -OCH3 is 1. The number of thiophene rings is 1. The van der Waals surface area contributed by atoms with Crippen LogP contribution in [0.5, 0.6) is 5.75 Å². The Morgan fingerprint density at radius 3 is 2.68 bits per heavy atom. The predicted molar refractivity (Wildman–Crippen MR) is 93.8 cm³/mol. The lowest BCUT2D eigenvalue weighted by molar-refractivity contribution is -0.131. The number of hydrogen-bond acceptors (Lipinski definition) is 5. The summed E-state index contributed by atoms with van der Waals surface area (Å²) in [5.74, 6) is 0.107. The molecular formula is C18H18N2O4S. The number of nitrogens with zero attached hydrogens (tertiary/aromatic N) is 1. The Bertz CT molecular complexity index is 847. The van der Waals surface area contributed by atoms with Crippen molar-refractivity contribution in [2.75, 3.05) is 7.11 Å². The third-order valence-electron chi connectivity index (χ3n) is 4.30. The highest BCUT2D eigenvalue weighted by atomic mass is 32.1. The number of amides is 3. The van der Waals surface area contributed by atoms with Gasteiger partial charge in [-0.15, -0.1) is 11.3 Å². The molecule has 1 aliphatic heterocycles. The molecule has 0 spiro atoms. The van der Waals surface area contributed by atoms with Crippen LogP contribution in [-0.2, 0) is 16.9 Å². The van der Waals surface area contributed by atoms with Gasteiger partial charge in [-0.25, -0.2) is 4.79 Å². The van der Waals surface area contributed by atoms with Crippen LogP contribution in [0.25, 0.3) is 0 Å². The summed E-state index contributed by atoms with van der Waals surface area (Å²) in [5.41, 5.74) is 0.0365. The third-order valence-corrected chi connectivity index (χ3v) is 5.40. The zero-order valence-corrected chi connectivity index (χ0v) is 15.0. The van der Waals surface area contributed by atoms with Crippen molar-refractivity contribution < 1.29 is 19.1 Å². The molecule has 0 aliphatic carbocycles. The van der Waals surface area contributed by atoms with Crippen molar-refractivity contribution in [2.45, 2.75) is 25.9 Å². The molecule has 6 nitrogen and oxygen atoms in total. The number of urea groups is 1. The molecule has 1 aliphatic rings. The minimum absolute atomic E-state index is 0.0376. The molecule has 25 heavy (non-hydrogen) atoms. The first kappa shape index (κ1) is 17.2. The average Bonchev–Trinajstić information content (AvgIpc) is 3.19. The van der Waals surface area contributed by atoms with Crippen LogP contribution < -0.4 is 10.1 Å². The van der Waals surface area contributed by atoms with Gasteiger partial charge in [0.25, 0.3) is 5.91 Å². The first-order chi connectivity index (χ1) is 11.9. The highest BCUT2D eigenvalue weighted by Crippen LogP contribution is 2.33. The fourth-order valence-electron chi connectivity index (χ4n) is 2.86. The van der Waals surface area contributed by atoms with Gasteiger partial charge in [0, 0.05) is 16.0 Å². The topological polar surface area (TPSA) is 75.7 Å². The molecule has 1 aromatic heterocycles. The summed E-state index contributed by atoms with van der Waals surface area (Å²) in [6.07, 6.45) is 0. The quantitative estimate of drug-likeness (QED) is 0.659. The SMILES string of the molecule is COc1ccc(C(C)=O)cc1CN1C(=O)N[C@](C)(c2cccs2)C1=O. The number of carbonyl (C=O) groups excluding carboxylic acids is 3. The molecule has 1 saturated heterocycles. The second kappa shape index (κ2) is 6.33. The zero-order chi connectivity index (χ0) is 18.2. The monoisotopic (exact) mass is 358 g/mol. The Morgan fingerprint density at radius 1 is 1.32 bits per heavy atom. The summed E-state index contributed by atoms with van der Waals surface area (Å²) in [7, 11) is 1.51. The largest absolute Gasteiger partial charge is 0.496 e. The van der Waals surface area contributed by atoms with Crippen molar-refractivity contribution in [2.24, 2.45) is 0 Å². The van der Waals surface area contributed by atoms with Crippen molar-refractivity contribution in [3.8, 4) is 5.75 Å². The summed E-state index contributed by atoms with van der Waals surface area (Å²) >= 11 is 1.42.